The van der Waals surface area contributed by atoms with Crippen LogP contribution in [0, 0.1) is 0 Å². The molecule has 5 nitrogen and oxygen atoms in total. The molecular weight excluding hydrogens is 304 g/mol. The molecule has 0 bridgehead atoms. The summed E-state index contributed by atoms with van der Waals surface area (Å²) in [6, 6.07) is 11.6. The van der Waals surface area contributed by atoms with Crippen molar-refractivity contribution in [3.8, 4) is 0 Å². The summed E-state index contributed by atoms with van der Waals surface area (Å²) in [6.45, 7) is 0.503. The van der Waals surface area contributed by atoms with E-state index in [0.29, 0.717) is 12.3 Å². The Bertz CT molecular complexity index is 661. The number of benzene rings is 2. The molecule has 22 heavy (non-hydrogen) atoms. The summed E-state index contributed by atoms with van der Waals surface area (Å²) >= 11 is 5.84. The minimum Gasteiger partial charge on any atom is -0.423 e. The molecule has 0 radical (unpaired) electrons. The van der Waals surface area contributed by atoms with E-state index in [4.69, 9.17) is 16.3 Å². The lowest BCUT2D eigenvalue weighted by Crippen LogP contribution is -2.31. The van der Waals surface area contributed by atoms with Gasteiger partial charge in [-0.2, -0.15) is 0 Å². The third-order valence-corrected chi connectivity index (χ3v) is 3.40. The van der Waals surface area contributed by atoms with E-state index < -0.39 is 7.12 Å². The second-order valence-electron chi connectivity index (χ2n) is 4.69. The Morgan fingerprint density at radius 2 is 1.91 bits per heavy atom. The summed E-state index contributed by atoms with van der Waals surface area (Å²) in [4.78, 5) is 12.2. The maximum atomic E-state index is 12.2. The van der Waals surface area contributed by atoms with Gasteiger partial charge in [-0.15, -0.1) is 0 Å². The van der Waals surface area contributed by atoms with E-state index in [2.05, 4.69) is 5.32 Å². The highest BCUT2D eigenvalue weighted by atomic mass is 35.5. The number of ether oxygens (including phenoxy) is 1. The SMILES string of the molecule is COCc1ccc(NC(=O)c2ccc(Cl)c(B(O)O)c2)cc1. The molecule has 0 unspecified atom stereocenters. The summed E-state index contributed by atoms with van der Waals surface area (Å²) in [6.07, 6.45) is 0. The van der Waals surface area contributed by atoms with Crippen LogP contribution in [0.15, 0.2) is 42.5 Å². The zero-order valence-electron chi connectivity index (χ0n) is 11.9. The van der Waals surface area contributed by atoms with Crippen molar-refractivity contribution in [3.63, 3.8) is 0 Å². The molecule has 114 valence electrons. The highest BCUT2D eigenvalue weighted by Crippen LogP contribution is 2.13. The van der Waals surface area contributed by atoms with Gasteiger partial charge in [-0.05, 0) is 35.9 Å². The van der Waals surface area contributed by atoms with Crippen LogP contribution in [0.5, 0.6) is 0 Å². The molecule has 0 atom stereocenters. The van der Waals surface area contributed by atoms with Gasteiger partial charge in [-0.25, -0.2) is 0 Å². The number of hydrogen-bond acceptors (Lipinski definition) is 4. The number of hydrogen-bond donors (Lipinski definition) is 3. The van der Waals surface area contributed by atoms with Crippen LogP contribution in [0.3, 0.4) is 0 Å². The fourth-order valence-electron chi connectivity index (χ4n) is 1.94. The molecular formula is C15H15BClNO4. The Labute approximate surface area is 133 Å². The fraction of sp³-hybridized carbons (Fsp3) is 0.133. The first-order valence-electron chi connectivity index (χ1n) is 6.56. The summed E-state index contributed by atoms with van der Waals surface area (Å²) in [5.74, 6) is -0.363. The fourth-order valence-corrected chi connectivity index (χ4v) is 2.15. The van der Waals surface area contributed by atoms with Crippen molar-refractivity contribution in [1.82, 2.24) is 0 Å². The van der Waals surface area contributed by atoms with Crippen LogP contribution < -0.4 is 10.8 Å². The summed E-state index contributed by atoms with van der Waals surface area (Å²) < 4.78 is 5.02. The van der Waals surface area contributed by atoms with Crippen LogP contribution in [0.4, 0.5) is 5.69 Å². The Morgan fingerprint density at radius 3 is 2.50 bits per heavy atom. The van der Waals surface area contributed by atoms with Crippen LogP contribution in [0.2, 0.25) is 5.02 Å². The Hall–Kier alpha value is -1.86. The van der Waals surface area contributed by atoms with Gasteiger partial charge in [-0.1, -0.05) is 23.7 Å². The molecule has 0 aliphatic carbocycles. The average Bonchev–Trinajstić information content (AvgIpc) is 2.49. The largest absolute Gasteiger partial charge is 0.489 e. The van der Waals surface area contributed by atoms with E-state index in [1.54, 1.807) is 19.2 Å². The lowest BCUT2D eigenvalue weighted by molar-refractivity contribution is 0.102. The summed E-state index contributed by atoms with van der Waals surface area (Å²) in [7, 11) is -0.114. The molecule has 7 heteroatoms. The number of halogens is 1. The molecule has 0 aromatic heterocycles. The minimum atomic E-state index is -1.73. The standard InChI is InChI=1S/C15H15BClNO4/c1-22-9-10-2-5-12(6-3-10)18-15(19)11-4-7-14(17)13(8-11)16(20)21/h2-8,20-21H,9H2,1H3,(H,18,19). The predicted octanol–water partition coefficient (Wildman–Crippen LogP) is 1.42. The first-order chi connectivity index (χ1) is 10.5. The van der Waals surface area contributed by atoms with Gasteiger partial charge in [0.05, 0.1) is 6.61 Å². The number of rotatable bonds is 5. The molecule has 0 aliphatic heterocycles. The second kappa shape index (κ2) is 7.42. The van der Waals surface area contributed by atoms with Crippen molar-refractivity contribution in [2.45, 2.75) is 6.61 Å². The smallest absolute Gasteiger partial charge is 0.423 e. The minimum absolute atomic E-state index is 0.0877. The molecule has 3 N–H and O–H groups in total. The maximum absolute atomic E-state index is 12.2. The Morgan fingerprint density at radius 1 is 1.23 bits per heavy atom. The van der Waals surface area contributed by atoms with Crippen molar-refractivity contribution in [2.24, 2.45) is 0 Å². The second-order valence-corrected chi connectivity index (χ2v) is 5.10. The first-order valence-corrected chi connectivity index (χ1v) is 6.94. The van der Waals surface area contributed by atoms with Gasteiger partial charge in [0.1, 0.15) is 0 Å². The van der Waals surface area contributed by atoms with E-state index in [-0.39, 0.29) is 22.0 Å². The predicted molar refractivity (Wildman–Crippen MR) is 86.4 cm³/mol. The van der Waals surface area contributed by atoms with Crippen molar-refractivity contribution < 1.29 is 19.6 Å². The van der Waals surface area contributed by atoms with Crippen LogP contribution in [-0.4, -0.2) is 30.2 Å². The van der Waals surface area contributed by atoms with Crippen LogP contribution in [0.25, 0.3) is 0 Å². The highest BCUT2D eigenvalue weighted by Gasteiger charge is 2.17. The Balaban J connectivity index is 2.13. The zero-order valence-corrected chi connectivity index (χ0v) is 12.7. The Kier molecular flexibility index (Phi) is 5.57. The molecule has 1 amide bonds. The van der Waals surface area contributed by atoms with E-state index >= 15 is 0 Å². The lowest BCUT2D eigenvalue weighted by Gasteiger charge is -2.09. The van der Waals surface area contributed by atoms with Gasteiger partial charge < -0.3 is 20.1 Å². The molecule has 0 fully saturated rings. The van der Waals surface area contributed by atoms with Crippen LogP contribution >= 0.6 is 11.6 Å². The number of anilines is 1. The number of nitrogens with one attached hydrogen (secondary N) is 1. The van der Waals surface area contributed by atoms with Crippen molar-refractivity contribution in [3.05, 3.63) is 58.6 Å². The summed E-state index contributed by atoms with van der Waals surface area (Å²) in [5, 5.41) is 21.3. The lowest BCUT2D eigenvalue weighted by atomic mass is 9.79. The quantitative estimate of drug-likeness (QED) is 0.728. The molecule has 2 aromatic rings. The number of methoxy groups -OCH3 is 1. The van der Waals surface area contributed by atoms with Gasteiger partial charge in [0.25, 0.3) is 5.91 Å². The van der Waals surface area contributed by atoms with E-state index in [0.717, 1.165) is 5.56 Å². The number of carbonyl (C=O) groups excluding carboxylic acids is 1. The zero-order chi connectivity index (χ0) is 16.1. The van der Waals surface area contributed by atoms with Crippen LogP contribution in [-0.2, 0) is 11.3 Å². The third-order valence-electron chi connectivity index (χ3n) is 3.06. The maximum Gasteiger partial charge on any atom is 0.489 e. The first kappa shape index (κ1) is 16.5. The molecule has 0 heterocycles. The molecule has 2 rings (SSSR count). The molecule has 0 spiro atoms. The summed E-state index contributed by atoms with van der Waals surface area (Å²) in [5.41, 5.74) is 2.00. The van der Waals surface area contributed by atoms with Gasteiger partial charge >= 0.3 is 7.12 Å². The third kappa shape index (κ3) is 4.08. The van der Waals surface area contributed by atoms with E-state index in [1.807, 2.05) is 12.1 Å². The number of amides is 1. The van der Waals surface area contributed by atoms with Gasteiger partial charge in [0.15, 0.2) is 0 Å². The van der Waals surface area contributed by atoms with E-state index in [9.17, 15) is 14.8 Å². The van der Waals surface area contributed by atoms with Gasteiger partial charge in [-0.3, -0.25) is 4.79 Å². The molecule has 0 saturated carbocycles. The van der Waals surface area contributed by atoms with Crippen molar-refractivity contribution >= 4 is 35.8 Å². The normalized spacial score (nSPS) is 10.4. The highest BCUT2D eigenvalue weighted by molar-refractivity contribution is 6.62. The van der Waals surface area contributed by atoms with Crippen LogP contribution in [0.1, 0.15) is 15.9 Å². The average molecular weight is 320 g/mol. The van der Waals surface area contributed by atoms with Gasteiger partial charge in [0, 0.05) is 28.8 Å². The van der Waals surface area contributed by atoms with Crippen molar-refractivity contribution in [1.29, 1.82) is 0 Å². The molecule has 0 saturated heterocycles. The topological polar surface area (TPSA) is 78.8 Å². The van der Waals surface area contributed by atoms with Crippen molar-refractivity contribution in [2.75, 3.05) is 12.4 Å². The van der Waals surface area contributed by atoms with E-state index in [1.165, 1.54) is 18.2 Å². The molecule has 2 aromatic carbocycles. The number of carbonyl (C=O) groups is 1. The van der Waals surface area contributed by atoms with Gasteiger partial charge in [0.2, 0.25) is 0 Å². The monoisotopic (exact) mass is 319 g/mol. The molecule has 0 aliphatic rings.